The number of anilines is 1. The Kier molecular flexibility index (Phi) is 5.71. The van der Waals surface area contributed by atoms with Crippen molar-refractivity contribution in [2.75, 3.05) is 31.1 Å². The third-order valence-electron chi connectivity index (χ3n) is 4.68. The van der Waals surface area contributed by atoms with Gasteiger partial charge in [0.1, 0.15) is 0 Å². The van der Waals surface area contributed by atoms with E-state index in [1.54, 1.807) is 0 Å². The lowest BCUT2D eigenvalue weighted by Gasteiger charge is -2.25. The third-order valence-corrected chi connectivity index (χ3v) is 4.68. The number of hydrogen-bond donors (Lipinski definition) is 0. The quantitative estimate of drug-likeness (QED) is 0.778. The SMILES string of the molecule is CCOC(=O)c1ccc2c(c1)N(Cc1ccccc1)CCN(CC)C2. The normalized spacial score (nSPS) is 14.7. The van der Waals surface area contributed by atoms with Crippen LogP contribution in [0.5, 0.6) is 0 Å². The molecule has 1 heterocycles. The maximum Gasteiger partial charge on any atom is 0.338 e. The minimum atomic E-state index is -0.249. The number of esters is 1. The molecule has 3 rings (SSSR count). The van der Waals surface area contributed by atoms with E-state index in [0.29, 0.717) is 12.2 Å². The highest BCUT2D eigenvalue weighted by Crippen LogP contribution is 2.28. The zero-order valence-corrected chi connectivity index (χ0v) is 15.1. The molecule has 25 heavy (non-hydrogen) atoms. The summed E-state index contributed by atoms with van der Waals surface area (Å²) in [5, 5.41) is 0. The first-order valence-corrected chi connectivity index (χ1v) is 9.02. The molecule has 0 spiro atoms. The van der Waals surface area contributed by atoms with Crippen molar-refractivity contribution < 1.29 is 9.53 Å². The number of carbonyl (C=O) groups is 1. The molecule has 0 atom stereocenters. The summed E-state index contributed by atoms with van der Waals surface area (Å²) in [7, 11) is 0. The minimum Gasteiger partial charge on any atom is -0.462 e. The van der Waals surface area contributed by atoms with Gasteiger partial charge in [-0.25, -0.2) is 4.79 Å². The van der Waals surface area contributed by atoms with Crippen LogP contribution in [0.4, 0.5) is 5.69 Å². The van der Waals surface area contributed by atoms with E-state index in [2.05, 4.69) is 47.1 Å². The van der Waals surface area contributed by atoms with E-state index in [4.69, 9.17) is 4.74 Å². The fraction of sp³-hybridized carbons (Fsp3) is 0.381. The summed E-state index contributed by atoms with van der Waals surface area (Å²) in [5.41, 5.74) is 4.32. The maximum atomic E-state index is 12.2. The number of hydrogen-bond acceptors (Lipinski definition) is 4. The van der Waals surface area contributed by atoms with Gasteiger partial charge in [0.05, 0.1) is 12.2 Å². The van der Waals surface area contributed by atoms with Gasteiger partial charge in [-0.15, -0.1) is 0 Å². The third kappa shape index (κ3) is 4.20. The molecule has 132 valence electrons. The average molecular weight is 338 g/mol. The molecule has 4 heteroatoms. The molecule has 0 aromatic heterocycles. The van der Waals surface area contributed by atoms with Crippen LogP contribution in [0.3, 0.4) is 0 Å². The van der Waals surface area contributed by atoms with Crippen LogP contribution < -0.4 is 4.90 Å². The molecular formula is C21H26N2O2. The molecule has 0 fully saturated rings. The van der Waals surface area contributed by atoms with Crippen LogP contribution in [-0.2, 0) is 17.8 Å². The first-order valence-electron chi connectivity index (χ1n) is 9.02. The first kappa shape index (κ1) is 17.5. The Morgan fingerprint density at radius 3 is 2.60 bits per heavy atom. The van der Waals surface area contributed by atoms with Gasteiger partial charge in [0, 0.05) is 31.9 Å². The molecule has 2 aromatic rings. The molecule has 0 saturated carbocycles. The molecule has 0 radical (unpaired) electrons. The Balaban J connectivity index is 1.94. The summed E-state index contributed by atoms with van der Waals surface area (Å²) < 4.78 is 5.18. The van der Waals surface area contributed by atoms with E-state index in [9.17, 15) is 4.79 Å². The predicted octanol–water partition coefficient (Wildman–Crippen LogP) is 3.71. The van der Waals surface area contributed by atoms with E-state index >= 15 is 0 Å². The highest BCUT2D eigenvalue weighted by molar-refractivity contribution is 5.91. The van der Waals surface area contributed by atoms with Gasteiger partial charge in [-0.05, 0) is 36.7 Å². The smallest absolute Gasteiger partial charge is 0.338 e. The number of rotatable bonds is 5. The lowest BCUT2D eigenvalue weighted by molar-refractivity contribution is 0.0526. The van der Waals surface area contributed by atoms with Crippen molar-refractivity contribution >= 4 is 11.7 Å². The van der Waals surface area contributed by atoms with Crippen molar-refractivity contribution in [1.82, 2.24) is 4.90 Å². The topological polar surface area (TPSA) is 32.8 Å². The van der Waals surface area contributed by atoms with Crippen LogP contribution in [0.25, 0.3) is 0 Å². The molecule has 0 unspecified atom stereocenters. The summed E-state index contributed by atoms with van der Waals surface area (Å²) >= 11 is 0. The molecule has 4 nitrogen and oxygen atoms in total. The highest BCUT2D eigenvalue weighted by atomic mass is 16.5. The molecule has 1 aliphatic heterocycles. The predicted molar refractivity (Wildman–Crippen MR) is 101 cm³/mol. The number of likely N-dealkylation sites (N-methyl/N-ethyl adjacent to an activating group) is 1. The van der Waals surface area contributed by atoms with Crippen molar-refractivity contribution in [3.63, 3.8) is 0 Å². The summed E-state index contributed by atoms with van der Waals surface area (Å²) in [6.07, 6.45) is 0. The number of nitrogens with zero attached hydrogens (tertiary/aromatic N) is 2. The lowest BCUT2D eigenvalue weighted by Crippen LogP contribution is -2.31. The van der Waals surface area contributed by atoms with Gasteiger partial charge >= 0.3 is 5.97 Å². The van der Waals surface area contributed by atoms with Crippen LogP contribution in [0.1, 0.15) is 35.3 Å². The minimum absolute atomic E-state index is 0.249. The zero-order chi connectivity index (χ0) is 17.6. The second-order valence-corrected chi connectivity index (χ2v) is 6.34. The van der Waals surface area contributed by atoms with Crippen LogP contribution >= 0.6 is 0 Å². The largest absolute Gasteiger partial charge is 0.462 e. The van der Waals surface area contributed by atoms with E-state index in [1.165, 1.54) is 11.1 Å². The molecule has 0 bridgehead atoms. The second-order valence-electron chi connectivity index (χ2n) is 6.34. The molecule has 0 amide bonds. The van der Waals surface area contributed by atoms with Gasteiger partial charge in [0.2, 0.25) is 0 Å². The van der Waals surface area contributed by atoms with Gasteiger partial charge in [-0.1, -0.05) is 43.3 Å². The van der Waals surface area contributed by atoms with Crippen molar-refractivity contribution in [1.29, 1.82) is 0 Å². The fourth-order valence-electron chi connectivity index (χ4n) is 3.27. The van der Waals surface area contributed by atoms with Crippen molar-refractivity contribution in [2.45, 2.75) is 26.9 Å². The average Bonchev–Trinajstić information content (AvgIpc) is 2.82. The maximum absolute atomic E-state index is 12.2. The van der Waals surface area contributed by atoms with Gasteiger partial charge in [0.25, 0.3) is 0 Å². The van der Waals surface area contributed by atoms with Crippen molar-refractivity contribution in [2.24, 2.45) is 0 Å². The van der Waals surface area contributed by atoms with Crippen LogP contribution in [0, 0.1) is 0 Å². The standard InChI is InChI=1S/C21H26N2O2/c1-3-22-12-13-23(15-17-8-6-5-7-9-17)20-14-18(21(24)25-4-2)10-11-19(20)16-22/h5-11,14H,3-4,12-13,15-16H2,1-2H3. The fourth-order valence-corrected chi connectivity index (χ4v) is 3.27. The summed E-state index contributed by atoms with van der Waals surface area (Å²) in [6.45, 7) is 9.18. The lowest BCUT2D eigenvalue weighted by atomic mass is 10.1. The Morgan fingerprint density at radius 1 is 1.08 bits per heavy atom. The van der Waals surface area contributed by atoms with Gasteiger partial charge in [-0.3, -0.25) is 4.90 Å². The monoisotopic (exact) mass is 338 g/mol. The summed E-state index contributed by atoms with van der Waals surface area (Å²) in [5.74, 6) is -0.249. The van der Waals surface area contributed by atoms with E-state index in [1.807, 2.05) is 25.1 Å². The highest BCUT2D eigenvalue weighted by Gasteiger charge is 2.21. The molecule has 0 N–H and O–H groups in total. The Bertz CT molecular complexity index is 715. The summed E-state index contributed by atoms with van der Waals surface area (Å²) in [4.78, 5) is 17.0. The van der Waals surface area contributed by atoms with E-state index in [-0.39, 0.29) is 5.97 Å². The molecule has 1 aliphatic rings. The number of fused-ring (bicyclic) bond motifs is 1. The van der Waals surface area contributed by atoms with Gasteiger partial charge in [-0.2, -0.15) is 0 Å². The Hall–Kier alpha value is -2.33. The van der Waals surface area contributed by atoms with Crippen LogP contribution in [-0.4, -0.2) is 37.1 Å². The van der Waals surface area contributed by atoms with Gasteiger partial charge in [0.15, 0.2) is 0 Å². The Labute approximate surface area is 150 Å². The Morgan fingerprint density at radius 2 is 1.88 bits per heavy atom. The number of ether oxygens (including phenoxy) is 1. The van der Waals surface area contributed by atoms with Crippen LogP contribution in [0.2, 0.25) is 0 Å². The van der Waals surface area contributed by atoms with Crippen molar-refractivity contribution in [3.8, 4) is 0 Å². The number of benzene rings is 2. The number of carbonyl (C=O) groups excluding carboxylic acids is 1. The van der Waals surface area contributed by atoms with Gasteiger partial charge < -0.3 is 9.64 Å². The zero-order valence-electron chi connectivity index (χ0n) is 15.1. The summed E-state index contributed by atoms with van der Waals surface area (Å²) in [6, 6.07) is 16.4. The second kappa shape index (κ2) is 8.17. The molecule has 0 aliphatic carbocycles. The van der Waals surface area contributed by atoms with Crippen LogP contribution in [0.15, 0.2) is 48.5 Å². The van der Waals surface area contributed by atoms with E-state index in [0.717, 1.165) is 38.4 Å². The molecule has 0 saturated heterocycles. The molecular weight excluding hydrogens is 312 g/mol. The molecule has 2 aromatic carbocycles. The first-order chi connectivity index (χ1) is 12.2. The van der Waals surface area contributed by atoms with E-state index < -0.39 is 0 Å². The van der Waals surface area contributed by atoms with Crippen molar-refractivity contribution in [3.05, 3.63) is 65.2 Å².